The Morgan fingerprint density at radius 1 is 1.31 bits per heavy atom. The fourth-order valence-corrected chi connectivity index (χ4v) is 1.75. The van der Waals surface area contributed by atoms with Gasteiger partial charge in [-0.2, -0.15) is 0 Å². The molecule has 0 aromatic heterocycles. The second kappa shape index (κ2) is 5.80. The summed E-state index contributed by atoms with van der Waals surface area (Å²) in [5.41, 5.74) is 1.78. The molecule has 0 saturated heterocycles. The van der Waals surface area contributed by atoms with Crippen molar-refractivity contribution in [2.45, 2.75) is 26.7 Å². The number of amides is 1. The Labute approximate surface area is 103 Å². The van der Waals surface area contributed by atoms with E-state index in [9.17, 15) is 9.59 Å². The van der Waals surface area contributed by atoms with E-state index in [0.29, 0.717) is 6.42 Å². The number of halogens is 1. The quantitative estimate of drug-likeness (QED) is 0.923. The van der Waals surface area contributed by atoms with Crippen molar-refractivity contribution in [3.05, 3.63) is 28.2 Å². The Bertz CT molecular complexity index is 415. The van der Waals surface area contributed by atoms with Crippen molar-refractivity contribution in [3.8, 4) is 0 Å². The van der Waals surface area contributed by atoms with E-state index in [4.69, 9.17) is 0 Å². The van der Waals surface area contributed by atoms with Crippen LogP contribution in [0.1, 0.15) is 25.3 Å². The number of carbonyl (C=O) groups is 2. The summed E-state index contributed by atoms with van der Waals surface area (Å²) in [6.07, 6.45) is 0.534. The molecule has 86 valence electrons. The van der Waals surface area contributed by atoms with Crippen LogP contribution in [0.3, 0.4) is 0 Å². The van der Waals surface area contributed by atoms with Gasteiger partial charge in [-0.25, -0.2) is 0 Å². The molecule has 0 spiro atoms. The number of nitrogens with one attached hydrogen (secondary N) is 1. The summed E-state index contributed by atoms with van der Waals surface area (Å²) in [7, 11) is 0. The molecule has 0 bridgehead atoms. The first-order chi connectivity index (χ1) is 7.49. The highest BCUT2D eigenvalue weighted by atomic mass is 79.9. The summed E-state index contributed by atoms with van der Waals surface area (Å²) in [6, 6.07) is 5.64. The number of hydrogen-bond acceptors (Lipinski definition) is 2. The van der Waals surface area contributed by atoms with E-state index in [-0.39, 0.29) is 18.1 Å². The molecular weight excluding hydrogens is 270 g/mol. The lowest BCUT2D eigenvalue weighted by Crippen LogP contribution is -2.13. The van der Waals surface area contributed by atoms with Crippen molar-refractivity contribution in [1.29, 1.82) is 0 Å². The van der Waals surface area contributed by atoms with E-state index < -0.39 is 0 Å². The maximum Gasteiger partial charge on any atom is 0.224 e. The van der Waals surface area contributed by atoms with Gasteiger partial charge in [-0.1, -0.05) is 15.9 Å². The van der Waals surface area contributed by atoms with Gasteiger partial charge in [0, 0.05) is 23.0 Å². The molecule has 1 N–H and O–H groups in total. The number of aryl methyl sites for hydroxylation is 1. The summed E-state index contributed by atoms with van der Waals surface area (Å²) in [5.74, 6) is -0.0942. The molecule has 0 fully saturated rings. The zero-order valence-corrected chi connectivity index (χ0v) is 10.9. The van der Waals surface area contributed by atoms with Crippen LogP contribution >= 0.6 is 15.9 Å². The Morgan fingerprint density at radius 3 is 2.56 bits per heavy atom. The minimum absolute atomic E-state index is 0.0303. The van der Waals surface area contributed by atoms with Crippen molar-refractivity contribution in [3.63, 3.8) is 0 Å². The molecule has 0 saturated carbocycles. The maximum atomic E-state index is 11.5. The third-order valence-corrected chi connectivity index (χ3v) is 2.66. The van der Waals surface area contributed by atoms with Gasteiger partial charge in [0.2, 0.25) is 5.91 Å². The fraction of sp³-hybridized carbons (Fsp3) is 0.333. The van der Waals surface area contributed by atoms with Gasteiger partial charge in [0.05, 0.1) is 0 Å². The van der Waals surface area contributed by atoms with Gasteiger partial charge in [-0.05, 0) is 37.6 Å². The first kappa shape index (κ1) is 12.9. The fourth-order valence-electron chi connectivity index (χ4n) is 1.27. The van der Waals surface area contributed by atoms with Crippen molar-refractivity contribution in [2.75, 3.05) is 5.32 Å². The minimum Gasteiger partial charge on any atom is -0.326 e. The van der Waals surface area contributed by atoms with Crippen molar-refractivity contribution >= 4 is 33.3 Å². The molecule has 1 rings (SSSR count). The summed E-state index contributed by atoms with van der Waals surface area (Å²) in [5, 5.41) is 2.78. The minimum atomic E-state index is -0.124. The molecule has 1 amide bonds. The molecule has 0 atom stereocenters. The van der Waals surface area contributed by atoms with Crippen molar-refractivity contribution in [1.82, 2.24) is 0 Å². The summed E-state index contributed by atoms with van der Waals surface area (Å²) in [4.78, 5) is 22.2. The first-order valence-electron chi connectivity index (χ1n) is 5.04. The molecule has 3 nitrogen and oxygen atoms in total. The second-order valence-electron chi connectivity index (χ2n) is 3.71. The van der Waals surface area contributed by atoms with Crippen LogP contribution in [0, 0.1) is 6.92 Å². The summed E-state index contributed by atoms with van der Waals surface area (Å²) in [6.45, 7) is 3.41. The molecule has 1 aromatic rings. The predicted molar refractivity (Wildman–Crippen MR) is 67.4 cm³/mol. The van der Waals surface area contributed by atoms with Gasteiger partial charge < -0.3 is 10.1 Å². The van der Waals surface area contributed by atoms with Crippen molar-refractivity contribution in [2.24, 2.45) is 0 Å². The smallest absolute Gasteiger partial charge is 0.224 e. The second-order valence-corrected chi connectivity index (χ2v) is 4.63. The van der Waals surface area contributed by atoms with Gasteiger partial charge >= 0.3 is 0 Å². The third-order valence-electron chi connectivity index (χ3n) is 2.17. The first-order valence-corrected chi connectivity index (χ1v) is 5.84. The molecule has 4 heteroatoms. The lowest BCUT2D eigenvalue weighted by Gasteiger charge is -2.08. The van der Waals surface area contributed by atoms with Crippen LogP contribution in [0.5, 0.6) is 0 Å². The Kier molecular flexibility index (Phi) is 4.68. The van der Waals surface area contributed by atoms with E-state index in [1.807, 2.05) is 25.1 Å². The zero-order valence-electron chi connectivity index (χ0n) is 9.34. The van der Waals surface area contributed by atoms with Crippen LogP contribution in [-0.2, 0) is 9.59 Å². The van der Waals surface area contributed by atoms with Gasteiger partial charge in [0.15, 0.2) is 0 Å². The molecule has 0 aliphatic rings. The van der Waals surface area contributed by atoms with Gasteiger partial charge in [-0.15, -0.1) is 0 Å². The van der Waals surface area contributed by atoms with Gasteiger partial charge in [-0.3, -0.25) is 4.79 Å². The molecule has 1 aromatic carbocycles. The highest BCUT2D eigenvalue weighted by Gasteiger charge is 2.06. The van der Waals surface area contributed by atoms with Crippen LogP contribution in [0.2, 0.25) is 0 Å². The molecule has 0 unspecified atom stereocenters. The van der Waals surface area contributed by atoms with Crippen molar-refractivity contribution < 1.29 is 9.59 Å². The monoisotopic (exact) mass is 283 g/mol. The number of anilines is 1. The molecule has 0 aliphatic heterocycles. The van der Waals surface area contributed by atoms with E-state index in [1.165, 1.54) is 6.92 Å². The summed E-state index contributed by atoms with van der Waals surface area (Å²) >= 11 is 3.35. The highest BCUT2D eigenvalue weighted by molar-refractivity contribution is 9.10. The lowest BCUT2D eigenvalue weighted by molar-refractivity contribution is -0.121. The number of rotatable bonds is 4. The predicted octanol–water partition coefficient (Wildman–Crippen LogP) is 3.07. The van der Waals surface area contributed by atoms with Crippen LogP contribution < -0.4 is 5.32 Å². The molecule has 0 aliphatic carbocycles. The molecular formula is C12H14BrNO2. The largest absolute Gasteiger partial charge is 0.326 e. The molecule has 16 heavy (non-hydrogen) atoms. The topological polar surface area (TPSA) is 46.2 Å². The zero-order chi connectivity index (χ0) is 12.1. The average molecular weight is 284 g/mol. The highest BCUT2D eigenvalue weighted by Crippen LogP contribution is 2.20. The maximum absolute atomic E-state index is 11.5. The van der Waals surface area contributed by atoms with Crippen LogP contribution in [0.15, 0.2) is 22.7 Å². The average Bonchev–Trinajstić information content (AvgIpc) is 2.19. The number of benzene rings is 1. The number of hydrogen-bond donors (Lipinski definition) is 1. The summed E-state index contributed by atoms with van der Waals surface area (Å²) < 4.78 is 0.978. The number of Topliss-reactive ketones (excluding diaryl/α,β-unsaturated/α-hetero) is 1. The van der Waals surface area contributed by atoms with E-state index >= 15 is 0 Å². The van der Waals surface area contributed by atoms with Crippen LogP contribution in [-0.4, -0.2) is 11.7 Å². The number of ketones is 1. The Morgan fingerprint density at radius 2 is 2.00 bits per heavy atom. The Hall–Kier alpha value is -1.16. The SMILES string of the molecule is CC(=O)CCC(=O)Nc1ccc(Br)cc1C. The molecule has 0 heterocycles. The lowest BCUT2D eigenvalue weighted by atomic mass is 10.2. The van der Waals surface area contributed by atoms with Gasteiger partial charge in [0.1, 0.15) is 5.78 Å². The van der Waals surface area contributed by atoms with Gasteiger partial charge in [0.25, 0.3) is 0 Å². The van der Waals surface area contributed by atoms with E-state index in [1.54, 1.807) is 0 Å². The normalized spacial score (nSPS) is 9.94. The van der Waals surface area contributed by atoms with Crippen LogP contribution in [0.25, 0.3) is 0 Å². The van der Waals surface area contributed by atoms with Crippen LogP contribution in [0.4, 0.5) is 5.69 Å². The molecule has 0 radical (unpaired) electrons. The Balaban J connectivity index is 2.59. The van der Waals surface area contributed by atoms with E-state index in [2.05, 4.69) is 21.2 Å². The van der Waals surface area contributed by atoms with E-state index in [0.717, 1.165) is 15.7 Å². The standard InChI is InChI=1S/C12H14BrNO2/c1-8-7-10(13)4-5-11(8)14-12(16)6-3-9(2)15/h4-5,7H,3,6H2,1-2H3,(H,14,16). The number of carbonyl (C=O) groups excluding carboxylic acids is 2. The third kappa shape index (κ3) is 4.14.